The van der Waals surface area contributed by atoms with Crippen molar-refractivity contribution in [3.63, 3.8) is 0 Å². The molecule has 0 heterocycles. The first-order chi connectivity index (χ1) is 13.7. The molecule has 0 unspecified atom stereocenters. The van der Waals surface area contributed by atoms with Crippen molar-refractivity contribution in [3.8, 4) is 5.75 Å². The summed E-state index contributed by atoms with van der Waals surface area (Å²) in [4.78, 5) is 24.0. The zero-order chi connectivity index (χ0) is 21.6. The van der Waals surface area contributed by atoms with Gasteiger partial charge in [0.05, 0.1) is 37.0 Å². The lowest BCUT2D eigenvalue weighted by Gasteiger charge is -2.25. The summed E-state index contributed by atoms with van der Waals surface area (Å²) in [5.74, 6) is -0.847. The number of hydrogen-bond donors (Lipinski definition) is 0. The van der Waals surface area contributed by atoms with Crippen molar-refractivity contribution >= 4 is 27.6 Å². The average Bonchev–Trinajstić information content (AvgIpc) is 2.72. The van der Waals surface area contributed by atoms with Gasteiger partial charge in [-0.15, -0.1) is 0 Å². The molecule has 0 aliphatic heterocycles. The fraction of sp³-hybridized carbons (Fsp3) is 0.300. The Morgan fingerprint density at radius 2 is 1.69 bits per heavy atom. The van der Waals surface area contributed by atoms with Gasteiger partial charge in [0.1, 0.15) is 12.3 Å². The van der Waals surface area contributed by atoms with Gasteiger partial charge in [-0.25, -0.2) is 13.2 Å². The van der Waals surface area contributed by atoms with Crippen LogP contribution in [0.5, 0.6) is 5.75 Å². The van der Waals surface area contributed by atoms with E-state index in [9.17, 15) is 18.0 Å². The normalized spacial score (nSPS) is 10.9. The van der Waals surface area contributed by atoms with Gasteiger partial charge in [-0.3, -0.25) is 9.10 Å². The molecule has 0 aliphatic rings. The quantitative estimate of drug-likeness (QED) is 0.604. The summed E-state index contributed by atoms with van der Waals surface area (Å²) in [6.07, 6.45) is 0. The zero-order valence-electron chi connectivity index (χ0n) is 16.7. The van der Waals surface area contributed by atoms with Crippen LogP contribution >= 0.6 is 0 Å². The molecular formula is C20H23NO7S. The molecule has 0 amide bonds. The number of hydrogen-bond acceptors (Lipinski definition) is 7. The van der Waals surface area contributed by atoms with Crippen LogP contribution in [0.1, 0.15) is 22.8 Å². The topological polar surface area (TPSA) is 99.2 Å². The smallest absolute Gasteiger partial charge is 0.338 e. The zero-order valence-corrected chi connectivity index (χ0v) is 17.5. The third kappa shape index (κ3) is 5.05. The molecule has 0 aliphatic carbocycles. The maximum atomic E-state index is 13.3. The lowest BCUT2D eigenvalue weighted by molar-refractivity contribution is -0.138. The maximum Gasteiger partial charge on any atom is 0.338 e. The number of anilines is 1. The van der Waals surface area contributed by atoms with Crippen molar-refractivity contribution in [1.82, 2.24) is 0 Å². The molecule has 2 aromatic rings. The highest BCUT2D eigenvalue weighted by atomic mass is 32.2. The van der Waals surface area contributed by atoms with Gasteiger partial charge in [0, 0.05) is 0 Å². The van der Waals surface area contributed by atoms with Gasteiger partial charge in [-0.1, -0.05) is 6.07 Å². The van der Waals surface area contributed by atoms with Crippen LogP contribution in [0, 0.1) is 6.92 Å². The van der Waals surface area contributed by atoms with Crippen LogP contribution in [0.2, 0.25) is 0 Å². The molecule has 29 heavy (non-hydrogen) atoms. The second-order valence-corrected chi connectivity index (χ2v) is 7.85. The summed E-state index contributed by atoms with van der Waals surface area (Å²) in [7, 11) is -1.50. The Labute approximate surface area is 170 Å². The van der Waals surface area contributed by atoms with E-state index in [1.165, 1.54) is 50.6 Å². The highest BCUT2D eigenvalue weighted by molar-refractivity contribution is 7.92. The van der Waals surface area contributed by atoms with E-state index >= 15 is 0 Å². The minimum atomic E-state index is -4.14. The SMILES string of the molecule is CCOC(=O)c1ccc(C)c(N(CC(=O)OC)S(=O)(=O)c2ccc(OC)cc2)c1. The standard InChI is InChI=1S/C20H23NO7S/c1-5-28-20(23)15-7-6-14(2)18(12-15)21(13-19(22)27-4)29(24,25)17-10-8-16(26-3)9-11-17/h6-12H,5,13H2,1-4H3. The fourth-order valence-corrected chi connectivity index (χ4v) is 4.04. The van der Waals surface area contributed by atoms with E-state index in [-0.39, 0.29) is 22.8 Å². The fourth-order valence-electron chi connectivity index (χ4n) is 2.58. The number of sulfonamides is 1. The first-order valence-electron chi connectivity index (χ1n) is 8.76. The Bertz CT molecular complexity index is 984. The maximum absolute atomic E-state index is 13.3. The third-order valence-electron chi connectivity index (χ3n) is 4.14. The van der Waals surface area contributed by atoms with Gasteiger partial charge >= 0.3 is 11.9 Å². The Hall–Kier alpha value is -3.07. The van der Waals surface area contributed by atoms with Crippen LogP contribution in [-0.4, -0.2) is 47.7 Å². The number of methoxy groups -OCH3 is 2. The van der Waals surface area contributed by atoms with Crippen molar-refractivity contribution in [2.24, 2.45) is 0 Å². The Morgan fingerprint density at radius 1 is 1.03 bits per heavy atom. The number of carbonyl (C=O) groups excluding carboxylic acids is 2. The highest BCUT2D eigenvalue weighted by Gasteiger charge is 2.29. The summed E-state index contributed by atoms with van der Waals surface area (Å²) < 4.78 is 42.2. The summed E-state index contributed by atoms with van der Waals surface area (Å²) in [5, 5.41) is 0. The van der Waals surface area contributed by atoms with Crippen molar-refractivity contribution in [1.29, 1.82) is 0 Å². The van der Waals surface area contributed by atoms with Gasteiger partial charge in [0.15, 0.2) is 0 Å². The third-order valence-corrected chi connectivity index (χ3v) is 5.91. The molecule has 0 fully saturated rings. The molecule has 0 saturated heterocycles. The van der Waals surface area contributed by atoms with Gasteiger partial charge in [-0.2, -0.15) is 0 Å². The van der Waals surface area contributed by atoms with Crippen LogP contribution in [0.25, 0.3) is 0 Å². The van der Waals surface area contributed by atoms with Gasteiger partial charge in [0.25, 0.3) is 10.0 Å². The molecule has 2 rings (SSSR count). The molecule has 9 heteroatoms. The van der Waals surface area contributed by atoms with Crippen LogP contribution in [-0.2, 0) is 24.3 Å². The molecule has 0 radical (unpaired) electrons. The summed E-state index contributed by atoms with van der Waals surface area (Å²) in [6, 6.07) is 10.3. The Kier molecular flexibility index (Phi) is 7.22. The second kappa shape index (κ2) is 9.42. The van der Waals surface area contributed by atoms with E-state index in [2.05, 4.69) is 4.74 Å². The van der Waals surface area contributed by atoms with Crippen LogP contribution in [0.4, 0.5) is 5.69 Å². The molecule has 0 spiro atoms. The second-order valence-electron chi connectivity index (χ2n) is 5.99. The van der Waals surface area contributed by atoms with E-state index in [1.54, 1.807) is 19.9 Å². The van der Waals surface area contributed by atoms with Gasteiger partial charge in [0.2, 0.25) is 0 Å². The lowest BCUT2D eigenvalue weighted by Crippen LogP contribution is -2.37. The van der Waals surface area contributed by atoms with Crippen LogP contribution < -0.4 is 9.04 Å². The number of benzene rings is 2. The molecule has 8 nitrogen and oxygen atoms in total. The largest absolute Gasteiger partial charge is 0.497 e. The summed E-state index contributed by atoms with van der Waals surface area (Å²) >= 11 is 0. The molecule has 0 aromatic heterocycles. The van der Waals surface area contributed by atoms with Gasteiger partial charge in [-0.05, 0) is 55.8 Å². The van der Waals surface area contributed by atoms with Crippen molar-refractivity contribution in [2.45, 2.75) is 18.7 Å². The Balaban J connectivity index is 2.59. The highest BCUT2D eigenvalue weighted by Crippen LogP contribution is 2.29. The van der Waals surface area contributed by atoms with Crippen molar-refractivity contribution < 1.29 is 32.2 Å². The van der Waals surface area contributed by atoms with Crippen molar-refractivity contribution in [2.75, 3.05) is 31.7 Å². The molecule has 2 aromatic carbocycles. The lowest BCUT2D eigenvalue weighted by atomic mass is 10.1. The van der Waals surface area contributed by atoms with E-state index in [0.717, 1.165) is 4.31 Å². The predicted molar refractivity (Wildman–Crippen MR) is 107 cm³/mol. The first kappa shape index (κ1) is 22.2. The molecule has 156 valence electrons. The molecule has 0 saturated carbocycles. The van der Waals surface area contributed by atoms with E-state index in [1.807, 2.05) is 0 Å². The van der Waals surface area contributed by atoms with Crippen LogP contribution in [0.15, 0.2) is 47.4 Å². The average molecular weight is 421 g/mol. The predicted octanol–water partition coefficient (Wildman–Crippen LogP) is 2.55. The molecular weight excluding hydrogens is 398 g/mol. The molecule has 0 N–H and O–H groups in total. The minimum Gasteiger partial charge on any atom is -0.497 e. The Morgan fingerprint density at radius 3 is 2.24 bits per heavy atom. The van der Waals surface area contributed by atoms with E-state index in [4.69, 9.17) is 9.47 Å². The summed E-state index contributed by atoms with van der Waals surface area (Å²) in [5.41, 5.74) is 0.906. The van der Waals surface area contributed by atoms with E-state index < -0.39 is 28.5 Å². The number of nitrogens with zero attached hydrogens (tertiary/aromatic N) is 1. The molecule has 0 atom stereocenters. The minimum absolute atomic E-state index is 0.0388. The number of carbonyl (C=O) groups is 2. The van der Waals surface area contributed by atoms with Gasteiger partial charge < -0.3 is 14.2 Å². The molecule has 0 bridgehead atoms. The number of ether oxygens (including phenoxy) is 3. The van der Waals surface area contributed by atoms with Crippen molar-refractivity contribution in [3.05, 3.63) is 53.6 Å². The number of rotatable bonds is 8. The first-order valence-corrected chi connectivity index (χ1v) is 10.2. The number of esters is 2. The van der Waals surface area contributed by atoms with Crippen LogP contribution in [0.3, 0.4) is 0 Å². The summed E-state index contributed by atoms with van der Waals surface area (Å²) in [6.45, 7) is 2.97. The number of aryl methyl sites for hydroxylation is 1. The van der Waals surface area contributed by atoms with E-state index in [0.29, 0.717) is 11.3 Å². The monoisotopic (exact) mass is 421 g/mol.